The van der Waals surface area contributed by atoms with Crippen LogP contribution in [0.1, 0.15) is 15.9 Å². The Morgan fingerprint density at radius 3 is 2.59 bits per heavy atom. The zero-order chi connectivity index (χ0) is 22.7. The standard InChI is InChI=1S/C23H30N6O3/c1-26-15-17(18-6-4-5-7-20(18)26)14-21(30)24-8-9-28-10-12-29(13-11-28)23(31)19-16-27(2)25-22(19)32-3/h4-7,15-16H,8-14H2,1-3H3,(H,24,30). The molecule has 1 fully saturated rings. The van der Waals surface area contributed by atoms with Gasteiger partial charge in [0.25, 0.3) is 5.91 Å². The summed E-state index contributed by atoms with van der Waals surface area (Å²) in [6.45, 7) is 4.18. The van der Waals surface area contributed by atoms with Gasteiger partial charge in [-0.2, -0.15) is 0 Å². The summed E-state index contributed by atoms with van der Waals surface area (Å²) in [7, 11) is 5.29. The number of hydrogen-bond acceptors (Lipinski definition) is 5. The zero-order valence-electron chi connectivity index (χ0n) is 18.9. The smallest absolute Gasteiger partial charge is 0.261 e. The number of methoxy groups -OCH3 is 1. The fourth-order valence-corrected chi connectivity index (χ4v) is 4.27. The van der Waals surface area contributed by atoms with Gasteiger partial charge in [0.15, 0.2) is 0 Å². The van der Waals surface area contributed by atoms with Gasteiger partial charge in [-0.25, -0.2) is 0 Å². The molecule has 1 aliphatic heterocycles. The predicted molar refractivity (Wildman–Crippen MR) is 122 cm³/mol. The van der Waals surface area contributed by atoms with Gasteiger partial charge in [-0.3, -0.25) is 19.2 Å². The van der Waals surface area contributed by atoms with Crippen LogP contribution in [0.3, 0.4) is 0 Å². The van der Waals surface area contributed by atoms with Crippen molar-refractivity contribution in [1.29, 1.82) is 0 Å². The van der Waals surface area contributed by atoms with Crippen molar-refractivity contribution < 1.29 is 14.3 Å². The highest BCUT2D eigenvalue weighted by atomic mass is 16.5. The van der Waals surface area contributed by atoms with E-state index in [1.54, 1.807) is 17.9 Å². The summed E-state index contributed by atoms with van der Waals surface area (Å²) in [5.41, 5.74) is 2.66. The number of amides is 2. The van der Waals surface area contributed by atoms with Crippen LogP contribution < -0.4 is 10.1 Å². The Balaban J connectivity index is 1.22. The molecule has 9 heteroatoms. The Hall–Kier alpha value is -3.33. The van der Waals surface area contributed by atoms with Crippen LogP contribution in [0, 0.1) is 0 Å². The van der Waals surface area contributed by atoms with Crippen LogP contribution in [0.25, 0.3) is 10.9 Å². The number of fused-ring (bicyclic) bond motifs is 1. The van der Waals surface area contributed by atoms with Gasteiger partial charge < -0.3 is 19.5 Å². The molecule has 2 amide bonds. The van der Waals surface area contributed by atoms with Gasteiger partial charge in [-0.1, -0.05) is 18.2 Å². The van der Waals surface area contributed by atoms with E-state index in [2.05, 4.69) is 32.0 Å². The van der Waals surface area contributed by atoms with Crippen LogP contribution in [0.5, 0.6) is 5.88 Å². The Bertz CT molecular complexity index is 1110. The third kappa shape index (κ3) is 4.62. The maximum atomic E-state index is 12.8. The highest BCUT2D eigenvalue weighted by molar-refractivity contribution is 5.96. The quantitative estimate of drug-likeness (QED) is 0.596. The Morgan fingerprint density at radius 2 is 1.84 bits per heavy atom. The van der Waals surface area contributed by atoms with Crippen LogP contribution in [-0.4, -0.2) is 82.3 Å². The van der Waals surface area contributed by atoms with Crippen LogP contribution in [0.4, 0.5) is 0 Å². The van der Waals surface area contributed by atoms with Gasteiger partial charge in [0.1, 0.15) is 5.56 Å². The SMILES string of the molecule is COc1nn(C)cc1C(=O)N1CCN(CCNC(=O)Cc2cn(C)c3ccccc23)CC1. The number of aryl methyl sites for hydroxylation is 2. The van der Waals surface area contributed by atoms with Gasteiger partial charge in [-0.15, -0.1) is 5.10 Å². The first kappa shape index (κ1) is 21.9. The number of ether oxygens (including phenoxy) is 1. The molecule has 170 valence electrons. The highest BCUT2D eigenvalue weighted by Gasteiger charge is 2.26. The molecule has 0 spiro atoms. The summed E-state index contributed by atoms with van der Waals surface area (Å²) in [6.07, 6.45) is 4.09. The number of nitrogens with zero attached hydrogens (tertiary/aromatic N) is 5. The Kier molecular flexibility index (Phi) is 6.45. The summed E-state index contributed by atoms with van der Waals surface area (Å²) in [6, 6.07) is 8.12. The molecule has 0 unspecified atom stereocenters. The molecule has 4 rings (SSSR count). The summed E-state index contributed by atoms with van der Waals surface area (Å²) in [5.74, 6) is 0.325. The number of benzene rings is 1. The van der Waals surface area contributed by atoms with Gasteiger partial charge >= 0.3 is 0 Å². The third-order valence-electron chi connectivity index (χ3n) is 5.96. The number of hydrogen-bond donors (Lipinski definition) is 1. The first-order valence-electron chi connectivity index (χ1n) is 10.8. The van der Waals surface area contributed by atoms with Crippen LogP contribution in [0.2, 0.25) is 0 Å². The third-order valence-corrected chi connectivity index (χ3v) is 5.96. The van der Waals surface area contributed by atoms with Crippen molar-refractivity contribution in [2.75, 3.05) is 46.4 Å². The lowest BCUT2D eigenvalue weighted by Gasteiger charge is -2.34. The van der Waals surface area contributed by atoms with Gasteiger partial charge in [0.2, 0.25) is 11.8 Å². The molecular weight excluding hydrogens is 408 g/mol. The molecule has 3 aromatic rings. The maximum absolute atomic E-state index is 12.8. The number of aromatic nitrogens is 3. The van der Waals surface area contributed by atoms with Crippen molar-refractivity contribution in [3.63, 3.8) is 0 Å². The van der Waals surface area contributed by atoms with Gasteiger partial charge in [-0.05, 0) is 11.6 Å². The normalized spacial score (nSPS) is 14.7. The fraction of sp³-hybridized carbons (Fsp3) is 0.435. The first-order valence-corrected chi connectivity index (χ1v) is 10.8. The van der Waals surface area contributed by atoms with Crippen molar-refractivity contribution in [2.45, 2.75) is 6.42 Å². The second-order valence-electron chi connectivity index (χ2n) is 8.17. The molecule has 1 aromatic carbocycles. The fourth-order valence-electron chi connectivity index (χ4n) is 4.27. The van der Waals surface area contributed by atoms with Crippen molar-refractivity contribution in [1.82, 2.24) is 29.5 Å². The van der Waals surface area contributed by atoms with Crippen molar-refractivity contribution in [2.24, 2.45) is 14.1 Å². The van der Waals surface area contributed by atoms with Gasteiger partial charge in [0.05, 0.1) is 13.5 Å². The van der Waals surface area contributed by atoms with E-state index in [0.29, 0.717) is 37.5 Å². The Morgan fingerprint density at radius 1 is 1.09 bits per heavy atom. The summed E-state index contributed by atoms with van der Waals surface area (Å²) < 4.78 is 8.85. The molecule has 1 N–H and O–H groups in total. The number of rotatable bonds is 7. The van der Waals surface area contributed by atoms with Crippen molar-refractivity contribution >= 4 is 22.7 Å². The van der Waals surface area contributed by atoms with Crippen molar-refractivity contribution in [3.8, 4) is 5.88 Å². The number of nitrogens with one attached hydrogen (secondary N) is 1. The molecular formula is C23H30N6O3. The molecule has 2 aromatic heterocycles. The monoisotopic (exact) mass is 438 g/mol. The number of carbonyl (C=O) groups excluding carboxylic acids is 2. The minimum atomic E-state index is -0.0574. The zero-order valence-corrected chi connectivity index (χ0v) is 18.9. The number of para-hydroxylation sites is 1. The summed E-state index contributed by atoms with van der Waals surface area (Å²) in [4.78, 5) is 29.3. The van der Waals surface area contributed by atoms with E-state index >= 15 is 0 Å². The first-order chi connectivity index (χ1) is 15.5. The second-order valence-corrected chi connectivity index (χ2v) is 8.17. The van der Waals surface area contributed by atoms with E-state index in [9.17, 15) is 9.59 Å². The minimum Gasteiger partial charge on any atom is -0.479 e. The summed E-state index contributed by atoms with van der Waals surface area (Å²) in [5, 5.41) is 8.31. The lowest BCUT2D eigenvalue weighted by atomic mass is 10.1. The van der Waals surface area contributed by atoms with E-state index in [1.807, 2.05) is 30.3 Å². The number of carbonyl (C=O) groups is 2. The van der Waals surface area contributed by atoms with Crippen LogP contribution >= 0.6 is 0 Å². The molecule has 3 heterocycles. The van der Waals surface area contributed by atoms with E-state index in [0.717, 1.165) is 36.1 Å². The molecule has 32 heavy (non-hydrogen) atoms. The molecule has 0 radical (unpaired) electrons. The topological polar surface area (TPSA) is 84.6 Å². The Labute approximate surface area is 187 Å². The molecule has 0 aliphatic carbocycles. The van der Waals surface area contributed by atoms with E-state index in [-0.39, 0.29) is 11.8 Å². The lowest BCUT2D eigenvalue weighted by molar-refractivity contribution is -0.120. The average molecular weight is 439 g/mol. The molecule has 1 aliphatic rings. The van der Waals surface area contributed by atoms with Crippen molar-refractivity contribution in [3.05, 3.63) is 47.8 Å². The van der Waals surface area contributed by atoms with Gasteiger partial charge in [0, 0.05) is 76.7 Å². The van der Waals surface area contributed by atoms with E-state index in [1.165, 1.54) is 7.11 Å². The van der Waals surface area contributed by atoms with E-state index in [4.69, 9.17) is 4.74 Å². The molecule has 1 saturated heterocycles. The second kappa shape index (κ2) is 9.44. The molecule has 0 saturated carbocycles. The van der Waals surface area contributed by atoms with Crippen LogP contribution in [-0.2, 0) is 25.3 Å². The number of piperazine rings is 1. The molecule has 0 bridgehead atoms. The lowest BCUT2D eigenvalue weighted by Crippen LogP contribution is -2.50. The maximum Gasteiger partial charge on any atom is 0.261 e. The average Bonchev–Trinajstić information content (AvgIpc) is 3.33. The predicted octanol–water partition coefficient (Wildman–Crippen LogP) is 1.04. The van der Waals surface area contributed by atoms with E-state index < -0.39 is 0 Å². The minimum absolute atomic E-state index is 0.0267. The van der Waals surface area contributed by atoms with Crippen LogP contribution in [0.15, 0.2) is 36.7 Å². The largest absolute Gasteiger partial charge is 0.479 e. The highest BCUT2D eigenvalue weighted by Crippen LogP contribution is 2.21. The summed E-state index contributed by atoms with van der Waals surface area (Å²) >= 11 is 0. The molecule has 0 atom stereocenters. The molecule has 9 nitrogen and oxygen atoms in total.